The molecule has 1 aromatic heterocycles. The Morgan fingerprint density at radius 1 is 1.07 bits per heavy atom. The van der Waals surface area contributed by atoms with Crippen LogP contribution in [0.15, 0.2) is 39.8 Å². The second-order valence-electron chi connectivity index (χ2n) is 6.03. The van der Waals surface area contributed by atoms with E-state index in [-0.39, 0.29) is 17.5 Å². The average molecular weight is 411 g/mol. The summed E-state index contributed by atoms with van der Waals surface area (Å²) in [5.41, 5.74) is 0.292. The molecule has 0 fully saturated rings. The molecule has 0 N–H and O–H groups in total. The Labute approximate surface area is 165 Å². The zero-order chi connectivity index (χ0) is 20.7. The van der Waals surface area contributed by atoms with Crippen molar-refractivity contribution in [2.75, 3.05) is 27.3 Å². The molecular weight excluding hydrogens is 386 g/mol. The first-order valence-electron chi connectivity index (χ1n) is 8.87. The smallest absolute Gasteiger partial charge is 0.338 e. The third-order valence-electron chi connectivity index (χ3n) is 3.66. The van der Waals surface area contributed by atoms with E-state index in [2.05, 4.69) is 0 Å². The summed E-state index contributed by atoms with van der Waals surface area (Å²) >= 11 is 0. The van der Waals surface area contributed by atoms with E-state index in [4.69, 9.17) is 18.6 Å². The molecule has 2 rings (SSSR count). The van der Waals surface area contributed by atoms with Crippen molar-refractivity contribution in [3.8, 4) is 11.5 Å². The Bertz CT molecular complexity index is 903. The summed E-state index contributed by atoms with van der Waals surface area (Å²) in [7, 11) is -0.867. The van der Waals surface area contributed by atoms with Crippen LogP contribution in [-0.4, -0.2) is 46.0 Å². The van der Waals surface area contributed by atoms with Crippen molar-refractivity contribution in [3.05, 3.63) is 41.7 Å². The lowest BCUT2D eigenvalue weighted by atomic mass is 10.2. The van der Waals surface area contributed by atoms with Gasteiger partial charge >= 0.3 is 5.97 Å². The molecule has 0 amide bonds. The Kier molecular flexibility index (Phi) is 7.47. The number of rotatable bonds is 10. The zero-order valence-corrected chi connectivity index (χ0v) is 17.2. The topological polar surface area (TPSA) is 95.3 Å². The van der Waals surface area contributed by atoms with Crippen LogP contribution in [-0.2, 0) is 21.4 Å². The van der Waals surface area contributed by atoms with Gasteiger partial charge in [0.2, 0.25) is 5.09 Å². The van der Waals surface area contributed by atoms with Crippen LogP contribution >= 0.6 is 0 Å². The molecule has 8 nitrogen and oxygen atoms in total. The van der Waals surface area contributed by atoms with Gasteiger partial charge in [0.05, 0.1) is 18.8 Å². The first-order valence-corrected chi connectivity index (χ1v) is 10.3. The van der Waals surface area contributed by atoms with Gasteiger partial charge in [-0.2, -0.15) is 0 Å². The number of carbonyl (C=O) groups excluding carboxylic acids is 1. The molecule has 0 saturated carbocycles. The molecule has 0 unspecified atom stereocenters. The van der Waals surface area contributed by atoms with Crippen LogP contribution in [0.25, 0.3) is 0 Å². The maximum atomic E-state index is 12.3. The Balaban J connectivity index is 2.07. The summed E-state index contributed by atoms with van der Waals surface area (Å²) in [6.45, 7) is 4.61. The molecule has 1 heterocycles. The third kappa shape index (κ3) is 5.26. The minimum Gasteiger partial charge on any atom is -0.490 e. The summed E-state index contributed by atoms with van der Waals surface area (Å²) in [6, 6.07) is 7.58. The third-order valence-corrected chi connectivity index (χ3v) is 5.35. The van der Waals surface area contributed by atoms with Crippen molar-refractivity contribution < 1.29 is 31.8 Å². The maximum Gasteiger partial charge on any atom is 0.338 e. The Morgan fingerprint density at radius 3 is 2.46 bits per heavy atom. The van der Waals surface area contributed by atoms with Gasteiger partial charge < -0.3 is 18.6 Å². The quantitative estimate of drug-likeness (QED) is 0.554. The highest BCUT2D eigenvalue weighted by Gasteiger charge is 2.22. The van der Waals surface area contributed by atoms with Gasteiger partial charge in [-0.15, -0.1) is 0 Å². The first kappa shape index (κ1) is 21.8. The van der Waals surface area contributed by atoms with Crippen LogP contribution in [0.3, 0.4) is 0 Å². The summed E-state index contributed by atoms with van der Waals surface area (Å²) in [5.74, 6) is 0.658. The van der Waals surface area contributed by atoms with Crippen molar-refractivity contribution in [1.29, 1.82) is 0 Å². The van der Waals surface area contributed by atoms with Gasteiger partial charge in [0.15, 0.2) is 11.5 Å². The highest BCUT2D eigenvalue weighted by Crippen LogP contribution is 2.29. The van der Waals surface area contributed by atoms with Crippen molar-refractivity contribution >= 4 is 16.0 Å². The molecule has 0 saturated heterocycles. The first-order chi connectivity index (χ1) is 13.3. The zero-order valence-electron chi connectivity index (χ0n) is 16.4. The van der Waals surface area contributed by atoms with Crippen molar-refractivity contribution in [2.24, 2.45) is 0 Å². The number of esters is 1. The normalized spacial score (nSPS) is 11.5. The Hall–Kier alpha value is -2.52. The van der Waals surface area contributed by atoms with E-state index >= 15 is 0 Å². The van der Waals surface area contributed by atoms with Crippen LogP contribution in [0.1, 0.15) is 36.4 Å². The lowest BCUT2D eigenvalue weighted by Crippen LogP contribution is -2.21. The molecule has 0 atom stereocenters. The molecule has 28 heavy (non-hydrogen) atoms. The minimum absolute atomic E-state index is 0.195. The van der Waals surface area contributed by atoms with Crippen molar-refractivity contribution in [2.45, 2.75) is 32.0 Å². The van der Waals surface area contributed by atoms with Gasteiger partial charge in [-0.05, 0) is 43.7 Å². The molecule has 9 heteroatoms. The van der Waals surface area contributed by atoms with Crippen LogP contribution in [0.2, 0.25) is 0 Å². The molecule has 0 spiro atoms. The number of nitrogens with zero attached hydrogens (tertiary/aromatic N) is 1. The molecular formula is C19H25NO7S. The standard InChI is InChI=1S/C19H25NO7S/c1-5-11-25-16-9-7-14(12-17(16)24-6-2)19(21)26-13-15-8-10-18(27-15)28(22,23)20(3)4/h7-10,12H,5-6,11,13H2,1-4H3. The van der Waals surface area contributed by atoms with Crippen LogP contribution < -0.4 is 9.47 Å². The molecule has 0 aliphatic carbocycles. The maximum absolute atomic E-state index is 12.3. The molecule has 1 aromatic carbocycles. The van der Waals surface area contributed by atoms with Gasteiger partial charge in [-0.25, -0.2) is 17.5 Å². The van der Waals surface area contributed by atoms with Gasteiger partial charge in [-0.3, -0.25) is 0 Å². The van der Waals surface area contributed by atoms with E-state index in [1.54, 1.807) is 18.2 Å². The SMILES string of the molecule is CCCOc1ccc(C(=O)OCc2ccc(S(=O)(=O)N(C)C)o2)cc1OCC. The number of ether oxygens (including phenoxy) is 3. The summed E-state index contributed by atoms with van der Waals surface area (Å²) in [5, 5.41) is -0.209. The van der Waals surface area contributed by atoms with Gasteiger partial charge in [0.1, 0.15) is 12.4 Å². The molecule has 0 bridgehead atoms. The van der Waals surface area contributed by atoms with Crippen molar-refractivity contribution in [1.82, 2.24) is 4.31 Å². The monoisotopic (exact) mass is 411 g/mol. The van der Waals surface area contributed by atoms with E-state index in [0.29, 0.717) is 30.3 Å². The van der Waals surface area contributed by atoms with Gasteiger partial charge in [0.25, 0.3) is 10.0 Å². The molecule has 154 valence electrons. The number of sulfonamides is 1. The van der Waals surface area contributed by atoms with E-state index in [1.165, 1.54) is 26.2 Å². The van der Waals surface area contributed by atoms with Crippen LogP contribution in [0, 0.1) is 0 Å². The average Bonchev–Trinajstić information content (AvgIpc) is 3.15. The number of benzene rings is 1. The van der Waals surface area contributed by atoms with Crippen LogP contribution in [0.4, 0.5) is 0 Å². The summed E-state index contributed by atoms with van der Waals surface area (Å²) < 4.78 is 46.7. The van der Waals surface area contributed by atoms with Crippen LogP contribution in [0.5, 0.6) is 11.5 Å². The van der Waals surface area contributed by atoms with Gasteiger partial charge in [-0.1, -0.05) is 6.92 Å². The van der Waals surface area contributed by atoms with Gasteiger partial charge in [0, 0.05) is 14.1 Å². The summed E-state index contributed by atoms with van der Waals surface area (Å²) in [6.07, 6.45) is 0.851. The molecule has 0 radical (unpaired) electrons. The predicted octanol–water partition coefficient (Wildman–Crippen LogP) is 3.07. The number of furan rings is 1. The van der Waals surface area contributed by atoms with E-state index in [1.807, 2.05) is 13.8 Å². The van der Waals surface area contributed by atoms with E-state index < -0.39 is 16.0 Å². The fourth-order valence-corrected chi connectivity index (χ4v) is 3.02. The largest absolute Gasteiger partial charge is 0.490 e. The lowest BCUT2D eigenvalue weighted by Gasteiger charge is -2.12. The molecule has 2 aromatic rings. The predicted molar refractivity (Wildman–Crippen MR) is 102 cm³/mol. The summed E-state index contributed by atoms with van der Waals surface area (Å²) in [4.78, 5) is 12.3. The Morgan fingerprint density at radius 2 is 1.82 bits per heavy atom. The second kappa shape index (κ2) is 9.61. The second-order valence-corrected chi connectivity index (χ2v) is 8.11. The highest BCUT2D eigenvalue weighted by molar-refractivity contribution is 7.88. The number of hydrogen-bond acceptors (Lipinski definition) is 7. The minimum atomic E-state index is -3.68. The van der Waals surface area contributed by atoms with Crippen molar-refractivity contribution in [3.63, 3.8) is 0 Å². The fourth-order valence-electron chi connectivity index (χ4n) is 2.21. The van der Waals surface area contributed by atoms with E-state index in [9.17, 15) is 13.2 Å². The van der Waals surface area contributed by atoms with E-state index in [0.717, 1.165) is 10.7 Å². The molecule has 0 aliphatic rings. The number of carbonyl (C=O) groups is 1. The lowest BCUT2D eigenvalue weighted by molar-refractivity contribution is 0.0440. The number of hydrogen-bond donors (Lipinski definition) is 0. The fraction of sp³-hybridized carbons (Fsp3) is 0.421. The highest BCUT2D eigenvalue weighted by atomic mass is 32.2. The molecule has 0 aliphatic heterocycles.